The lowest BCUT2D eigenvalue weighted by Crippen LogP contribution is -2.40. The second-order valence-corrected chi connectivity index (χ2v) is 6.32. The Kier molecular flexibility index (Phi) is 5.04. The molecule has 0 bridgehead atoms. The van der Waals surface area contributed by atoms with Crippen molar-refractivity contribution >= 4 is 5.91 Å². The van der Waals surface area contributed by atoms with E-state index in [1.165, 1.54) is 0 Å². The topological polar surface area (TPSA) is 66.6 Å². The van der Waals surface area contributed by atoms with E-state index in [1.54, 1.807) is 6.92 Å². The number of aromatic nitrogens is 1. The van der Waals surface area contributed by atoms with Gasteiger partial charge in [-0.3, -0.25) is 4.79 Å². The molecule has 1 aliphatic heterocycles. The van der Waals surface area contributed by atoms with Crippen LogP contribution < -0.4 is 0 Å². The maximum absolute atomic E-state index is 12.7. The van der Waals surface area contributed by atoms with Gasteiger partial charge in [-0.15, -0.1) is 0 Å². The highest BCUT2D eigenvalue weighted by Crippen LogP contribution is 2.25. The molecule has 1 aromatic heterocycles. The minimum Gasteiger partial charge on any atom is -0.393 e. The van der Waals surface area contributed by atoms with Crippen LogP contribution in [-0.2, 0) is 11.2 Å². The van der Waals surface area contributed by atoms with Gasteiger partial charge in [-0.2, -0.15) is 0 Å². The van der Waals surface area contributed by atoms with E-state index in [2.05, 4.69) is 5.16 Å². The molecule has 3 unspecified atom stereocenters. The molecule has 21 heavy (non-hydrogen) atoms. The molecule has 0 saturated carbocycles. The van der Waals surface area contributed by atoms with E-state index < -0.39 is 0 Å². The quantitative estimate of drug-likeness (QED) is 0.904. The predicted molar refractivity (Wildman–Crippen MR) is 79.9 cm³/mol. The number of rotatable bonds is 5. The molecule has 1 aromatic rings. The Labute approximate surface area is 126 Å². The molecule has 5 heteroatoms. The summed E-state index contributed by atoms with van der Waals surface area (Å²) < 4.78 is 5.17. The third-order valence-corrected chi connectivity index (χ3v) is 4.39. The third-order valence-electron chi connectivity index (χ3n) is 4.39. The van der Waals surface area contributed by atoms with E-state index in [4.69, 9.17) is 4.52 Å². The molecule has 1 amide bonds. The minimum absolute atomic E-state index is 0.0867. The van der Waals surface area contributed by atoms with Gasteiger partial charge in [0.2, 0.25) is 5.91 Å². The normalized spacial score (nSPS) is 21.6. The summed E-state index contributed by atoms with van der Waals surface area (Å²) in [6, 6.07) is 0.185. The van der Waals surface area contributed by atoms with Gasteiger partial charge in [0.05, 0.1) is 11.8 Å². The average molecular weight is 294 g/mol. The Balaban J connectivity index is 2.02. The van der Waals surface area contributed by atoms with E-state index in [9.17, 15) is 9.90 Å². The fraction of sp³-hybridized carbons (Fsp3) is 0.750. The lowest BCUT2D eigenvalue weighted by atomic mass is 9.97. The Hall–Kier alpha value is -1.36. The van der Waals surface area contributed by atoms with Crippen LogP contribution in [0.2, 0.25) is 0 Å². The Morgan fingerprint density at radius 1 is 1.48 bits per heavy atom. The van der Waals surface area contributed by atoms with Crippen molar-refractivity contribution in [2.24, 2.45) is 5.92 Å². The molecule has 1 saturated heterocycles. The molecule has 118 valence electrons. The molecule has 1 fully saturated rings. The molecule has 2 heterocycles. The van der Waals surface area contributed by atoms with Gasteiger partial charge in [0.1, 0.15) is 5.76 Å². The number of nitrogens with zero attached hydrogens (tertiary/aromatic N) is 2. The number of hydrogen-bond donors (Lipinski definition) is 1. The van der Waals surface area contributed by atoms with Crippen LogP contribution in [0.3, 0.4) is 0 Å². The van der Waals surface area contributed by atoms with Gasteiger partial charge in [0.25, 0.3) is 0 Å². The average Bonchev–Trinajstić information content (AvgIpc) is 2.98. The van der Waals surface area contributed by atoms with Crippen LogP contribution in [0.1, 0.15) is 50.1 Å². The van der Waals surface area contributed by atoms with Crippen LogP contribution in [0.5, 0.6) is 0 Å². The van der Waals surface area contributed by atoms with Crippen LogP contribution in [0.25, 0.3) is 0 Å². The maximum atomic E-state index is 12.7. The molecule has 1 aliphatic rings. The van der Waals surface area contributed by atoms with Crippen molar-refractivity contribution in [1.29, 1.82) is 0 Å². The summed E-state index contributed by atoms with van der Waals surface area (Å²) in [4.78, 5) is 14.6. The van der Waals surface area contributed by atoms with Gasteiger partial charge in [-0.25, -0.2) is 0 Å². The van der Waals surface area contributed by atoms with Crippen molar-refractivity contribution in [3.63, 3.8) is 0 Å². The highest BCUT2D eigenvalue weighted by molar-refractivity contribution is 5.79. The lowest BCUT2D eigenvalue weighted by Gasteiger charge is -2.28. The van der Waals surface area contributed by atoms with Gasteiger partial charge in [0, 0.05) is 24.1 Å². The minimum atomic E-state index is -0.360. The Morgan fingerprint density at radius 2 is 2.19 bits per heavy atom. The number of aliphatic hydroxyl groups is 1. The summed E-state index contributed by atoms with van der Waals surface area (Å²) in [5.74, 6) is 0.892. The van der Waals surface area contributed by atoms with Crippen molar-refractivity contribution in [2.45, 2.75) is 65.5 Å². The first-order valence-corrected chi connectivity index (χ1v) is 7.80. The number of aryl methyl sites for hydroxylation is 2. The van der Waals surface area contributed by atoms with Crippen LogP contribution in [0.15, 0.2) is 4.52 Å². The van der Waals surface area contributed by atoms with E-state index >= 15 is 0 Å². The fourth-order valence-corrected chi connectivity index (χ4v) is 3.23. The highest BCUT2D eigenvalue weighted by Gasteiger charge is 2.32. The second kappa shape index (κ2) is 6.60. The fourth-order valence-electron chi connectivity index (χ4n) is 3.23. The first-order valence-electron chi connectivity index (χ1n) is 7.80. The number of carbonyl (C=O) groups excluding carboxylic acids is 1. The van der Waals surface area contributed by atoms with Crippen molar-refractivity contribution in [3.05, 3.63) is 17.0 Å². The molecule has 0 radical (unpaired) electrons. The molecule has 0 spiro atoms. The van der Waals surface area contributed by atoms with Crippen molar-refractivity contribution in [2.75, 3.05) is 6.54 Å². The number of aliphatic hydroxyl groups excluding tert-OH is 1. The van der Waals surface area contributed by atoms with E-state index in [-0.39, 0.29) is 24.0 Å². The van der Waals surface area contributed by atoms with Crippen molar-refractivity contribution in [1.82, 2.24) is 10.1 Å². The van der Waals surface area contributed by atoms with Gasteiger partial charge < -0.3 is 14.5 Å². The highest BCUT2D eigenvalue weighted by atomic mass is 16.5. The Bertz CT molecular complexity index is 476. The van der Waals surface area contributed by atoms with Crippen molar-refractivity contribution in [3.8, 4) is 0 Å². The third kappa shape index (κ3) is 3.64. The van der Waals surface area contributed by atoms with Gasteiger partial charge >= 0.3 is 0 Å². The molecule has 3 atom stereocenters. The number of carbonyl (C=O) groups is 1. The number of amides is 1. The zero-order valence-electron chi connectivity index (χ0n) is 13.4. The summed E-state index contributed by atoms with van der Waals surface area (Å²) in [5, 5.41) is 13.5. The molecule has 5 nitrogen and oxygen atoms in total. The zero-order valence-corrected chi connectivity index (χ0v) is 13.4. The predicted octanol–water partition coefficient (Wildman–Crippen LogP) is 2.23. The second-order valence-electron chi connectivity index (χ2n) is 6.32. The van der Waals surface area contributed by atoms with Gasteiger partial charge in [0.15, 0.2) is 0 Å². The molecule has 1 N–H and O–H groups in total. The SMILES string of the molecule is Cc1noc(C)c1CC(C)C(=O)N1CCCC1CC(C)O. The number of likely N-dealkylation sites (tertiary alicyclic amines) is 1. The standard InChI is InChI=1S/C16H26N2O3/c1-10(8-15-12(3)17-21-13(15)4)16(20)18-7-5-6-14(18)9-11(2)19/h10-11,14,19H,5-9H2,1-4H3. The summed E-state index contributed by atoms with van der Waals surface area (Å²) in [6.07, 6.45) is 3.00. The maximum Gasteiger partial charge on any atom is 0.225 e. The smallest absolute Gasteiger partial charge is 0.225 e. The molecular formula is C16H26N2O3. The molecule has 0 aromatic carbocycles. The first-order chi connectivity index (χ1) is 9.90. The summed E-state index contributed by atoms with van der Waals surface area (Å²) in [6.45, 7) is 8.36. The van der Waals surface area contributed by atoms with Crippen molar-refractivity contribution < 1.29 is 14.4 Å². The van der Waals surface area contributed by atoms with E-state index in [0.29, 0.717) is 12.8 Å². The summed E-state index contributed by atoms with van der Waals surface area (Å²) in [5.41, 5.74) is 1.91. The monoisotopic (exact) mass is 294 g/mol. The van der Waals surface area contributed by atoms with Gasteiger partial charge in [-0.1, -0.05) is 12.1 Å². The van der Waals surface area contributed by atoms with Crippen LogP contribution in [-0.4, -0.2) is 39.8 Å². The largest absolute Gasteiger partial charge is 0.393 e. The zero-order chi connectivity index (χ0) is 15.6. The summed E-state index contributed by atoms with van der Waals surface area (Å²) >= 11 is 0. The van der Waals surface area contributed by atoms with Crippen LogP contribution in [0, 0.1) is 19.8 Å². The lowest BCUT2D eigenvalue weighted by molar-refractivity contribution is -0.136. The number of hydrogen-bond acceptors (Lipinski definition) is 4. The Morgan fingerprint density at radius 3 is 2.76 bits per heavy atom. The van der Waals surface area contributed by atoms with Crippen LogP contribution in [0.4, 0.5) is 0 Å². The molecule has 2 rings (SSSR count). The van der Waals surface area contributed by atoms with Gasteiger partial charge in [-0.05, 0) is 46.5 Å². The van der Waals surface area contributed by atoms with E-state index in [1.807, 2.05) is 25.7 Å². The molecular weight excluding hydrogens is 268 g/mol. The van der Waals surface area contributed by atoms with Crippen LogP contribution >= 0.6 is 0 Å². The molecule has 0 aliphatic carbocycles. The van der Waals surface area contributed by atoms with E-state index in [0.717, 1.165) is 36.4 Å². The first kappa shape index (κ1) is 16.0. The summed E-state index contributed by atoms with van der Waals surface area (Å²) in [7, 11) is 0.